The van der Waals surface area contributed by atoms with Crippen LogP contribution >= 0.6 is 0 Å². The number of aliphatic hydroxyl groups is 1. The molecule has 2 rings (SSSR count). The van der Waals surface area contributed by atoms with E-state index >= 15 is 0 Å². The second kappa shape index (κ2) is 4.89. The Hall–Kier alpha value is -2.34. The number of nitrogens with two attached hydrogens (primary N) is 1. The highest BCUT2D eigenvalue weighted by Gasteiger charge is 2.16. The van der Waals surface area contributed by atoms with Crippen LogP contribution in [0, 0.1) is 0 Å². The van der Waals surface area contributed by atoms with Gasteiger partial charge in [-0.3, -0.25) is 9.59 Å². The van der Waals surface area contributed by atoms with Gasteiger partial charge in [0, 0.05) is 5.39 Å². The molecule has 0 saturated heterocycles. The number of hydrogen-bond donors (Lipinski definition) is 3. The third-order valence-corrected chi connectivity index (χ3v) is 2.51. The van der Waals surface area contributed by atoms with Crippen molar-refractivity contribution in [3.05, 3.63) is 36.1 Å². The van der Waals surface area contributed by atoms with Gasteiger partial charge >= 0.3 is 0 Å². The average Bonchev–Trinajstić information content (AvgIpc) is 2.79. The van der Waals surface area contributed by atoms with Gasteiger partial charge in [-0.25, -0.2) is 0 Å². The number of aliphatic hydroxyl groups excluding tert-OH is 1. The lowest BCUT2D eigenvalue weighted by Crippen LogP contribution is -2.39. The van der Waals surface area contributed by atoms with Crippen LogP contribution in [0.2, 0.25) is 0 Å². The minimum Gasteiger partial charge on any atom is -0.463 e. The molecule has 0 aliphatic rings. The fourth-order valence-corrected chi connectivity index (χ4v) is 1.54. The molecule has 0 spiro atoms. The van der Waals surface area contributed by atoms with Crippen LogP contribution in [-0.4, -0.2) is 29.6 Å². The van der Waals surface area contributed by atoms with Crippen molar-refractivity contribution in [3.8, 4) is 0 Å². The van der Waals surface area contributed by atoms with Gasteiger partial charge in [0.05, 0.1) is 12.1 Å². The predicted molar refractivity (Wildman–Crippen MR) is 63.7 cm³/mol. The third-order valence-electron chi connectivity index (χ3n) is 2.51. The molecule has 94 valence electrons. The molecule has 4 N–H and O–H groups in total. The number of furan rings is 1. The molecule has 0 fully saturated rings. The van der Waals surface area contributed by atoms with Crippen LogP contribution in [0.5, 0.6) is 0 Å². The maximum absolute atomic E-state index is 11.8. The van der Waals surface area contributed by atoms with Crippen LogP contribution in [0.25, 0.3) is 11.0 Å². The van der Waals surface area contributed by atoms with Gasteiger partial charge in [-0.05, 0) is 6.07 Å². The molecule has 2 aromatic rings. The van der Waals surface area contributed by atoms with E-state index in [2.05, 4.69) is 5.32 Å². The van der Waals surface area contributed by atoms with E-state index in [1.165, 1.54) is 6.26 Å². The highest BCUT2D eigenvalue weighted by molar-refractivity contribution is 6.06. The highest BCUT2D eigenvalue weighted by atomic mass is 16.3. The summed E-state index contributed by atoms with van der Waals surface area (Å²) in [6, 6.07) is 7.07. The molecule has 0 radical (unpaired) electrons. The maximum Gasteiger partial charge on any atom is 0.255 e. The van der Waals surface area contributed by atoms with Crippen LogP contribution in [0.1, 0.15) is 10.4 Å². The normalized spacial score (nSPS) is 12.3. The maximum atomic E-state index is 11.8. The molecule has 1 heterocycles. The van der Waals surface area contributed by atoms with Crippen LogP contribution in [0.15, 0.2) is 34.9 Å². The van der Waals surface area contributed by atoms with E-state index < -0.39 is 17.9 Å². The fraction of sp³-hybridized carbons (Fsp3) is 0.167. The summed E-state index contributed by atoms with van der Waals surface area (Å²) in [6.07, 6.45) is -0.0662. The molecule has 6 nitrogen and oxygen atoms in total. The third kappa shape index (κ3) is 2.33. The molecule has 2 amide bonds. The highest BCUT2D eigenvalue weighted by Crippen LogP contribution is 2.20. The molecule has 6 heteroatoms. The zero-order chi connectivity index (χ0) is 13.1. The summed E-state index contributed by atoms with van der Waals surface area (Å²) in [5.41, 5.74) is 5.82. The Kier molecular flexibility index (Phi) is 3.29. The van der Waals surface area contributed by atoms with Crippen LogP contribution in [0.4, 0.5) is 0 Å². The van der Waals surface area contributed by atoms with Crippen molar-refractivity contribution in [1.29, 1.82) is 0 Å². The topological polar surface area (TPSA) is 106 Å². The molecule has 0 aliphatic heterocycles. The van der Waals surface area contributed by atoms with Crippen molar-refractivity contribution in [2.75, 3.05) is 6.54 Å². The fourth-order valence-electron chi connectivity index (χ4n) is 1.54. The molecule has 1 aromatic carbocycles. The number of amides is 2. The quantitative estimate of drug-likeness (QED) is 0.708. The molecule has 0 bridgehead atoms. The van der Waals surface area contributed by atoms with Gasteiger partial charge in [-0.1, -0.05) is 18.2 Å². The van der Waals surface area contributed by atoms with Crippen molar-refractivity contribution in [3.63, 3.8) is 0 Å². The number of para-hydroxylation sites is 1. The first kappa shape index (κ1) is 12.1. The SMILES string of the molecule is NC(=O)C(O)CNC(=O)c1coc2ccccc12. The number of benzene rings is 1. The molecular weight excluding hydrogens is 236 g/mol. The number of carbonyl (C=O) groups excluding carboxylic acids is 2. The van der Waals surface area contributed by atoms with Gasteiger partial charge in [0.2, 0.25) is 5.91 Å². The first-order valence-electron chi connectivity index (χ1n) is 5.31. The van der Waals surface area contributed by atoms with Gasteiger partial charge in [0.25, 0.3) is 5.91 Å². The molecule has 1 aromatic heterocycles. The average molecular weight is 248 g/mol. The number of carbonyl (C=O) groups is 2. The van der Waals surface area contributed by atoms with E-state index in [0.717, 1.165) is 0 Å². The number of rotatable bonds is 4. The summed E-state index contributed by atoms with van der Waals surface area (Å²) in [5, 5.41) is 12.3. The Morgan fingerprint density at radius 3 is 2.83 bits per heavy atom. The summed E-state index contributed by atoms with van der Waals surface area (Å²) >= 11 is 0. The lowest BCUT2D eigenvalue weighted by Gasteiger charge is -2.07. The second-order valence-electron chi connectivity index (χ2n) is 3.77. The minimum absolute atomic E-state index is 0.228. The molecule has 0 aliphatic carbocycles. The summed E-state index contributed by atoms with van der Waals surface area (Å²) in [5.74, 6) is -1.31. The standard InChI is InChI=1S/C12H12N2O4/c13-11(16)9(15)5-14-12(17)8-6-18-10-4-2-1-3-7(8)10/h1-4,6,9,15H,5H2,(H2,13,16)(H,14,17). The largest absolute Gasteiger partial charge is 0.463 e. The Morgan fingerprint density at radius 2 is 2.11 bits per heavy atom. The molecule has 18 heavy (non-hydrogen) atoms. The minimum atomic E-state index is -1.40. The van der Waals surface area contributed by atoms with Crippen LogP contribution in [0.3, 0.4) is 0 Å². The predicted octanol–water partition coefficient (Wildman–Crippen LogP) is 0.00880. The summed E-state index contributed by atoms with van der Waals surface area (Å²) < 4.78 is 5.21. The summed E-state index contributed by atoms with van der Waals surface area (Å²) in [4.78, 5) is 22.4. The van der Waals surface area contributed by atoms with Gasteiger partial charge in [-0.15, -0.1) is 0 Å². The van der Waals surface area contributed by atoms with Crippen molar-refractivity contribution in [2.45, 2.75) is 6.10 Å². The van der Waals surface area contributed by atoms with Crippen molar-refractivity contribution < 1.29 is 19.1 Å². The summed E-state index contributed by atoms with van der Waals surface area (Å²) in [6.45, 7) is -0.228. The van der Waals surface area contributed by atoms with E-state index in [1.807, 2.05) is 0 Å². The zero-order valence-corrected chi connectivity index (χ0v) is 9.42. The molecular formula is C12H12N2O4. The Morgan fingerprint density at radius 1 is 1.39 bits per heavy atom. The van der Waals surface area contributed by atoms with Crippen LogP contribution in [-0.2, 0) is 4.79 Å². The van der Waals surface area contributed by atoms with Crippen molar-refractivity contribution >= 4 is 22.8 Å². The second-order valence-corrected chi connectivity index (χ2v) is 3.77. The zero-order valence-electron chi connectivity index (χ0n) is 9.42. The van der Waals surface area contributed by atoms with E-state index in [9.17, 15) is 14.7 Å². The van der Waals surface area contributed by atoms with E-state index in [0.29, 0.717) is 16.5 Å². The Labute approximate surface area is 102 Å². The van der Waals surface area contributed by atoms with E-state index in [4.69, 9.17) is 10.2 Å². The first-order chi connectivity index (χ1) is 8.59. The molecule has 1 atom stereocenters. The first-order valence-corrected chi connectivity index (χ1v) is 5.31. The van der Waals surface area contributed by atoms with Gasteiger partial charge < -0.3 is 20.6 Å². The smallest absolute Gasteiger partial charge is 0.255 e. The number of primary amides is 1. The van der Waals surface area contributed by atoms with Crippen molar-refractivity contribution in [1.82, 2.24) is 5.32 Å². The lowest BCUT2D eigenvalue weighted by molar-refractivity contribution is -0.125. The van der Waals surface area contributed by atoms with Gasteiger partial charge in [-0.2, -0.15) is 0 Å². The van der Waals surface area contributed by atoms with Gasteiger partial charge in [0.1, 0.15) is 18.0 Å². The van der Waals surface area contributed by atoms with Crippen molar-refractivity contribution in [2.24, 2.45) is 5.73 Å². The Bertz CT molecular complexity index is 591. The number of fused-ring (bicyclic) bond motifs is 1. The number of nitrogens with one attached hydrogen (secondary N) is 1. The van der Waals surface area contributed by atoms with E-state index in [-0.39, 0.29) is 6.54 Å². The lowest BCUT2D eigenvalue weighted by atomic mass is 10.1. The molecule has 1 unspecified atom stereocenters. The van der Waals surface area contributed by atoms with E-state index in [1.54, 1.807) is 24.3 Å². The number of hydrogen-bond acceptors (Lipinski definition) is 4. The Balaban J connectivity index is 2.12. The van der Waals surface area contributed by atoms with Gasteiger partial charge in [0.15, 0.2) is 0 Å². The summed E-state index contributed by atoms with van der Waals surface area (Å²) in [7, 11) is 0. The van der Waals surface area contributed by atoms with Crippen LogP contribution < -0.4 is 11.1 Å². The monoisotopic (exact) mass is 248 g/mol. The molecule has 0 saturated carbocycles.